The number of nitrogens with zero attached hydrogens (tertiary/aromatic N) is 4. The van der Waals surface area contributed by atoms with Crippen LogP contribution in [0.2, 0.25) is 0 Å². The number of carbonyl (C=O) groups is 1. The molecule has 30 heavy (non-hydrogen) atoms. The lowest BCUT2D eigenvalue weighted by molar-refractivity contribution is -0.137. The lowest BCUT2D eigenvalue weighted by atomic mass is 10.1. The number of rotatable bonds is 5. The summed E-state index contributed by atoms with van der Waals surface area (Å²) in [5.41, 5.74) is 1.13. The topological polar surface area (TPSA) is 72.7 Å². The van der Waals surface area contributed by atoms with Crippen molar-refractivity contribution in [1.29, 1.82) is 0 Å². The predicted octanol–water partition coefficient (Wildman–Crippen LogP) is 4.75. The number of aryl methyl sites for hydroxylation is 1. The maximum Gasteiger partial charge on any atom is 0.418 e. The lowest BCUT2D eigenvalue weighted by Crippen LogP contribution is -2.18. The van der Waals surface area contributed by atoms with Crippen molar-refractivity contribution in [1.82, 2.24) is 19.7 Å². The molecule has 6 nitrogen and oxygen atoms in total. The van der Waals surface area contributed by atoms with Crippen LogP contribution in [0.15, 0.2) is 53.7 Å². The molecular weight excluding hydrogens is 415 g/mol. The van der Waals surface area contributed by atoms with E-state index in [1.807, 2.05) is 35.8 Å². The lowest BCUT2D eigenvalue weighted by Gasteiger charge is -2.13. The van der Waals surface area contributed by atoms with Crippen LogP contribution in [0.3, 0.4) is 0 Å². The maximum atomic E-state index is 13.1. The zero-order valence-electron chi connectivity index (χ0n) is 15.8. The number of halogens is 3. The van der Waals surface area contributed by atoms with Crippen molar-refractivity contribution in [3.05, 3.63) is 54.1 Å². The average molecular weight is 431 g/mol. The van der Waals surface area contributed by atoms with Crippen LogP contribution in [-0.4, -0.2) is 31.4 Å². The van der Waals surface area contributed by atoms with Gasteiger partial charge in [0.05, 0.1) is 22.5 Å². The first-order valence-corrected chi connectivity index (χ1v) is 10.1. The van der Waals surface area contributed by atoms with E-state index in [1.165, 1.54) is 18.2 Å². The summed E-state index contributed by atoms with van der Waals surface area (Å²) in [6.45, 7) is 2.67. The molecule has 2 aromatic heterocycles. The summed E-state index contributed by atoms with van der Waals surface area (Å²) in [6.07, 6.45) is -4.55. The summed E-state index contributed by atoms with van der Waals surface area (Å²) >= 11 is 1.01. The number of hydrogen-bond acceptors (Lipinski definition) is 5. The molecule has 0 aliphatic rings. The van der Waals surface area contributed by atoms with E-state index in [-0.39, 0.29) is 16.6 Å². The van der Waals surface area contributed by atoms with Gasteiger partial charge in [0.25, 0.3) is 0 Å². The van der Waals surface area contributed by atoms with Crippen LogP contribution in [0.5, 0.6) is 0 Å². The maximum absolute atomic E-state index is 13.1. The van der Waals surface area contributed by atoms with Gasteiger partial charge in [0, 0.05) is 11.9 Å². The Bertz CT molecular complexity index is 1240. The summed E-state index contributed by atoms with van der Waals surface area (Å²) in [7, 11) is 0. The monoisotopic (exact) mass is 431 g/mol. The number of anilines is 1. The average Bonchev–Trinajstić information content (AvgIpc) is 3.05. The number of amides is 1. The Kier molecular flexibility index (Phi) is 5.33. The van der Waals surface area contributed by atoms with E-state index in [4.69, 9.17) is 0 Å². The largest absolute Gasteiger partial charge is 0.418 e. The Labute approximate surface area is 173 Å². The fourth-order valence-corrected chi connectivity index (χ4v) is 3.81. The molecule has 10 heteroatoms. The smallest absolute Gasteiger partial charge is 0.325 e. The van der Waals surface area contributed by atoms with Crippen molar-refractivity contribution in [2.45, 2.75) is 24.8 Å². The SMILES string of the molecule is CCn1c2ccccc2c2nnc(SCC(=O)Nc3ccccc3C(F)(F)F)nc21. The molecule has 0 spiro atoms. The third kappa shape index (κ3) is 3.82. The van der Waals surface area contributed by atoms with Crippen LogP contribution in [-0.2, 0) is 17.5 Å². The molecular formula is C20H16F3N5OS. The summed E-state index contributed by atoms with van der Waals surface area (Å²) in [4.78, 5) is 16.7. The van der Waals surface area contributed by atoms with Crippen molar-refractivity contribution in [2.75, 3.05) is 11.1 Å². The van der Waals surface area contributed by atoms with Crippen LogP contribution >= 0.6 is 11.8 Å². The molecule has 0 aliphatic carbocycles. The van der Waals surface area contributed by atoms with Crippen molar-refractivity contribution in [3.8, 4) is 0 Å². The molecule has 0 bridgehead atoms. The number of benzene rings is 2. The van der Waals surface area contributed by atoms with Crippen LogP contribution in [0, 0.1) is 0 Å². The van der Waals surface area contributed by atoms with Crippen molar-refractivity contribution < 1.29 is 18.0 Å². The summed E-state index contributed by atoms with van der Waals surface area (Å²) < 4.78 is 41.2. The van der Waals surface area contributed by atoms with Crippen molar-refractivity contribution in [3.63, 3.8) is 0 Å². The number of nitrogens with one attached hydrogen (secondary N) is 1. The second-order valence-electron chi connectivity index (χ2n) is 6.41. The first-order valence-electron chi connectivity index (χ1n) is 9.09. The molecule has 4 rings (SSSR count). The number of para-hydroxylation sites is 2. The number of alkyl halides is 3. The van der Waals surface area contributed by atoms with Crippen LogP contribution in [0.25, 0.3) is 22.1 Å². The highest BCUT2D eigenvalue weighted by molar-refractivity contribution is 7.99. The van der Waals surface area contributed by atoms with E-state index in [0.717, 1.165) is 28.7 Å². The molecule has 4 aromatic rings. The third-order valence-electron chi connectivity index (χ3n) is 4.51. The number of carbonyl (C=O) groups excluding carboxylic acids is 1. The highest BCUT2D eigenvalue weighted by Gasteiger charge is 2.33. The quantitative estimate of drug-likeness (QED) is 0.462. The number of aromatic nitrogens is 4. The van der Waals surface area contributed by atoms with Gasteiger partial charge in [-0.3, -0.25) is 4.79 Å². The van der Waals surface area contributed by atoms with Gasteiger partial charge in [0.1, 0.15) is 5.52 Å². The zero-order chi connectivity index (χ0) is 21.3. The van der Waals surface area contributed by atoms with Gasteiger partial charge < -0.3 is 9.88 Å². The third-order valence-corrected chi connectivity index (χ3v) is 5.35. The molecule has 0 fully saturated rings. The van der Waals surface area contributed by atoms with Gasteiger partial charge in [-0.15, -0.1) is 10.2 Å². The van der Waals surface area contributed by atoms with E-state index >= 15 is 0 Å². The zero-order valence-corrected chi connectivity index (χ0v) is 16.6. The van der Waals surface area contributed by atoms with E-state index in [9.17, 15) is 18.0 Å². The van der Waals surface area contributed by atoms with Gasteiger partial charge in [0.2, 0.25) is 11.1 Å². The Morgan fingerprint density at radius 3 is 2.60 bits per heavy atom. The molecule has 0 atom stereocenters. The summed E-state index contributed by atoms with van der Waals surface area (Å²) in [5, 5.41) is 11.8. The van der Waals surface area contributed by atoms with Crippen LogP contribution in [0.4, 0.5) is 18.9 Å². The second-order valence-corrected chi connectivity index (χ2v) is 7.35. The first kappa shape index (κ1) is 20.1. The second kappa shape index (κ2) is 7.94. The molecule has 0 radical (unpaired) electrons. The van der Waals surface area contributed by atoms with Gasteiger partial charge in [-0.25, -0.2) is 4.98 Å². The van der Waals surface area contributed by atoms with Gasteiger partial charge in [0.15, 0.2) is 5.65 Å². The van der Waals surface area contributed by atoms with Gasteiger partial charge in [-0.1, -0.05) is 42.1 Å². The molecule has 0 saturated heterocycles. The fraction of sp³-hybridized carbons (Fsp3) is 0.200. The minimum absolute atomic E-state index is 0.147. The van der Waals surface area contributed by atoms with Gasteiger partial charge in [-0.05, 0) is 25.1 Å². The molecule has 154 valence electrons. The Balaban J connectivity index is 1.53. The molecule has 2 aromatic carbocycles. The minimum atomic E-state index is -4.55. The van der Waals surface area contributed by atoms with Crippen molar-refractivity contribution in [2.24, 2.45) is 0 Å². The van der Waals surface area contributed by atoms with E-state index in [1.54, 1.807) is 0 Å². The van der Waals surface area contributed by atoms with Crippen LogP contribution in [0.1, 0.15) is 12.5 Å². The number of thioether (sulfide) groups is 1. The van der Waals surface area contributed by atoms with Crippen molar-refractivity contribution >= 4 is 45.4 Å². The Morgan fingerprint density at radius 2 is 1.83 bits per heavy atom. The fourth-order valence-electron chi connectivity index (χ4n) is 3.23. The standard InChI is InChI=1S/C20H16F3N5OS/c1-2-28-15-10-6-3-7-12(15)17-18(28)25-19(27-26-17)30-11-16(29)24-14-9-5-4-8-13(14)20(21,22)23/h3-10H,2,11H2,1H3,(H,24,29). The van der Waals surface area contributed by atoms with E-state index in [0.29, 0.717) is 17.7 Å². The molecule has 2 heterocycles. The number of hydrogen-bond donors (Lipinski definition) is 1. The van der Waals surface area contributed by atoms with E-state index < -0.39 is 17.6 Å². The normalized spacial score (nSPS) is 11.9. The molecule has 0 unspecified atom stereocenters. The van der Waals surface area contributed by atoms with E-state index in [2.05, 4.69) is 20.5 Å². The summed E-state index contributed by atoms with van der Waals surface area (Å²) in [6, 6.07) is 12.6. The van der Waals surface area contributed by atoms with Gasteiger partial charge >= 0.3 is 6.18 Å². The Morgan fingerprint density at radius 1 is 1.10 bits per heavy atom. The van der Waals surface area contributed by atoms with Gasteiger partial charge in [-0.2, -0.15) is 13.2 Å². The highest BCUT2D eigenvalue weighted by Crippen LogP contribution is 2.34. The van der Waals surface area contributed by atoms with Crippen LogP contribution < -0.4 is 5.32 Å². The molecule has 0 aliphatic heterocycles. The molecule has 1 N–H and O–H groups in total. The molecule has 0 saturated carbocycles. The first-order chi connectivity index (χ1) is 14.4. The molecule has 1 amide bonds. The number of fused-ring (bicyclic) bond motifs is 3. The highest BCUT2D eigenvalue weighted by atomic mass is 32.2. The summed E-state index contributed by atoms with van der Waals surface area (Å²) in [5.74, 6) is -0.734. The Hall–Kier alpha value is -3.14. The minimum Gasteiger partial charge on any atom is -0.325 e. The predicted molar refractivity (Wildman–Crippen MR) is 109 cm³/mol.